The van der Waals surface area contributed by atoms with Gasteiger partial charge in [0.2, 0.25) is 0 Å². The third-order valence-corrected chi connectivity index (χ3v) is 3.26. The van der Waals surface area contributed by atoms with Crippen LogP contribution in [0.25, 0.3) is 0 Å². The molecule has 0 saturated heterocycles. The van der Waals surface area contributed by atoms with Gasteiger partial charge in [-0.05, 0) is 32.1 Å². The van der Waals surface area contributed by atoms with Crippen LogP contribution in [0.5, 0.6) is 0 Å². The highest BCUT2D eigenvalue weighted by atomic mass is 16.5. The largest absolute Gasteiger partial charge is 0.396 e. The summed E-state index contributed by atoms with van der Waals surface area (Å²) in [6, 6.07) is 0. The number of nitrogens with two attached hydrogens (primary N) is 1. The second kappa shape index (κ2) is 4.40. The van der Waals surface area contributed by atoms with Crippen molar-refractivity contribution >= 4 is 0 Å². The van der Waals surface area contributed by atoms with Gasteiger partial charge < -0.3 is 15.6 Å². The van der Waals surface area contributed by atoms with Crippen LogP contribution < -0.4 is 5.73 Å². The summed E-state index contributed by atoms with van der Waals surface area (Å²) in [6.07, 6.45) is 3.50. The molecule has 0 aromatic rings. The minimum absolute atomic E-state index is 0.0740. The fourth-order valence-electron chi connectivity index (χ4n) is 2.03. The molecule has 2 unspecified atom stereocenters. The fraction of sp³-hybridized carbons (Fsp3) is 1.00. The highest BCUT2D eigenvalue weighted by Crippen LogP contribution is 2.47. The van der Waals surface area contributed by atoms with Crippen molar-refractivity contribution in [2.75, 3.05) is 20.3 Å². The van der Waals surface area contributed by atoms with Crippen molar-refractivity contribution in [2.24, 2.45) is 17.1 Å². The molecule has 0 aromatic carbocycles. The van der Waals surface area contributed by atoms with Crippen LogP contribution in [0, 0.1) is 11.3 Å². The normalized spacial score (nSPS) is 24.0. The van der Waals surface area contributed by atoms with Crippen LogP contribution in [0.4, 0.5) is 0 Å². The first-order valence-corrected chi connectivity index (χ1v) is 5.02. The first kappa shape index (κ1) is 11.0. The molecule has 1 saturated carbocycles. The number of rotatable bonds is 6. The monoisotopic (exact) mass is 187 g/mol. The summed E-state index contributed by atoms with van der Waals surface area (Å²) in [6.45, 7) is 2.80. The maximum atomic E-state index is 9.40. The summed E-state index contributed by atoms with van der Waals surface area (Å²) >= 11 is 0. The lowest BCUT2D eigenvalue weighted by Crippen LogP contribution is -2.39. The Morgan fingerprint density at radius 2 is 2.23 bits per heavy atom. The SMILES string of the molecule is COC(C)CC(CN)(CO)C1CC1. The summed E-state index contributed by atoms with van der Waals surface area (Å²) in [4.78, 5) is 0. The molecule has 3 nitrogen and oxygen atoms in total. The van der Waals surface area contributed by atoms with E-state index in [9.17, 15) is 5.11 Å². The van der Waals surface area contributed by atoms with Crippen LogP contribution in [0.1, 0.15) is 26.2 Å². The van der Waals surface area contributed by atoms with E-state index in [4.69, 9.17) is 10.5 Å². The zero-order valence-corrected chi connectivity index (χ0v) is 8.62. The first-order chi connectivity index (χ1) is 6.18. The van der Waals surface area contributed by atoms with Crippen molar-refractivity contribution in [2.45, 2.75) is 32.3 Å². The molecule has 1 fully saturated rings. The highest BCUT2D eigenvalue weighted by Gasteiger charge is 2.44. The molecule has 0 amide bonds. The number of aliphatic hydroxyl groups excluding tert-OH is 1. The van der Waals surface area contributed by atoms with Crippen molar-refractivity contribution < 1.29 is 9.84 Å². The molecule has 13 heavy (non-hydrogen) atoms. The smallest absolute Gasteiger partial charge is 0.0550 e. The van der Waals surface area contributed by atoms with Crippen LogP contribution in [0.2, 0.25) is 0 Å². The molecule has 3 heteroatoms. The molecule has 1 rings (SSSR count). The van der Waals surface area contributed by atoms with E-state index >= 15 is 0 Å². The van der Waals surface area contributed by atoms with Crippen LogP contribution in [0.15, 0.2) is 0 Å². The lowest BCUT2D eigenvalue weighted by atomic mass is 9.78. The van der Waals surface area contributed by atoms with E-state index in [1.807, 2.05) is 6.92 Å². The fourth-order valence-corrected chi connectivity index (χ4v) is 2.03. The molecule has 78 valence electrons. The van der Waals surface area contributed by atoms with E-state index in [0.29, 0.717) is 12.5 Å². The Hall–Kier alpha value is -0.120. The Labute approximate surface area is 80.3 Å². The van der Waals surface area contributed by atoms with Crippen LogP contribution >= 0.6 is 0 Å². The minimum Gasteiger partial charge on any atom is -0.396 e. The molecule has 0 radical (unpaired) electrons. The maximum Gasteiger partial charge on any atom is 0.0550 e. The van der Waals surface area contributed by atoms with Crippen LogP contribution in [-0.2, 0) is 4.74 Å². The number of hydrogen-bond donors (Lipinski definition) is 2. The Kier molecular flexibility index (Phi) is 3.71. The summed E-state index contributed by atoms with van der Waals surface area (Å²) in [5.74, 6) is 0.625. The van der Waals surface area contributed by atoms with Crippen molar-refractivity contribution in [1.82, 2.24) is 0 Å². The summed E-state index contributed by atoms with van der Waals surface area (Å²) in [5.41, 5.74) is 5.67. The van der Waals surface area contributed by atoms with Gasteiger partial charge in [-0.2, -0.15) is 0 Å². The van der Waals surface area contributed by atoms with Gasteiger partial charge >= 0.3 is 0 Å². The molecule has 1 aliphatic carbocycles. The minimum atomic E-state index is -0.0740. The molecule has 0 heterocycles. The van der Waals surface area contributed by atoms with E-state index in [0.717, 1.165) is 6.42 Å². The van der Waals surface area contributed by atoms with E-state index in [-0.39, 0.29) is 18.1 Å². The van der Waals surface area contributed by atoms with E-state index < -0.39 is 0 Å². The predicted molar refractivity (Wildman–Crippen MR) is 52.4 cm³/mol. The molecule has 0 bridgehead atoms. The van der Waals surface area contributed by atoms with Crippen molar-refractivity contribution in [1.29, 1.82) is 0 Å². The second-order valence-corrected chi connectivity index (χ2v) is 4.25. The average molecular weight is 187 g/mol. The highest BCUT2D eigenvalue weighted by molar-refractivity contribution is 4.95. The summed E-state index contributed by atoms with van der Waals surface area (Å²) < 4.78 is 5.22. The van der Waals surface area contributed by atoms with E-state index in [2.05, 4.69) is 0 Å². The topological polar surface area (TPSA) is 55.5 Å². The van der Waals surface area contributed by atoms with Gasteiger partial charge in [0, 0.05) is 19.1 Å². The van der Waals surface area contributed by atoms with Crippen LogP contribution in [0.3, 0.4) is 0 Å². The van der Waals surface area contributed by atoms with Gasteiger partial charge in [0.15, 0.2) is 0 Å². The number of hydrogen-bond acceptors (Lipinski definition) is 3. The van der Waals surface area contributed by atoms with Gasteiger partial charge in [-0.15, -0.1) is 0 Å². The van der Waals surface area contributed by atoms with Crippen molar-refractivity contribution in [3.05, 3.63) is 0 Å². The molecular formula is C10H21NO2. The third kappa shape index (κ3) is 2.42. The Morgan fingerprint density at radius 3 is 2.54 bits per heavy atom. The van der Waals surface area contributed by atoms with Crippen molar-refractivity contribution in [3.63, 3.8) is 0 Å². The third-order valence-electron chi connectivity index (χ3n) is 3.26. The Bertz CT molecular complexity index is 153. The van der Waals surface area contributed by atoms with Gasteiger partial charge in [-0.25, -0.2) is 0 Å². The lowest BCUT2D eigenvalue weighted by molar-refractivity contribution is 0.0237. The molecule has 1 aliphatic rings. The molecule has 3 N–H and O–H groups in total. The number of ether oxygens (including phenoxy) is 1. The summed E-state index contributed by atoms with van der Waals surface area (Å²) in [7, 11) is 1.70. The summed E-state index contributed by atoms with van der Waals surface area (Å²) in [5, 5.41) is 9.40. The van der Waals surface area contributed by atoms with Crippen LogP contribution in [-0.4, -0.2) is 31.5 Å². The van der Waals surface area contributed by atoms with Gasteiger partial charge in [0.25, 0.3) is 0 Å². The average Bonchev–Trinajstić information content (AvgIpc) is 2.97. The zero-order valence-electron chi connectivity index (χ0n) is 8.62. The first-order valence-electron chi connectivity index (χ1n) is 5.02. The van der Waals surface area contributed by atoms with E-state index in [1.54, 1.807) is 7.11 Å². The lowest BCUT2D eigenvalue weighted by Gasteiger charge is -2.32. The zero-order chi connectivity index (χ0) is 9.90. The molecule has 2 atom stereocenters. The van der Waals surface area contributed by atoms with Gasteiger partial charge in [0.1, 0.15) is 0 Å². The molecular weight excluding hydrogens is 166 g/mol. The van der Waals surface area contributed by atoms with Gasteiger partial charge in [0.05, 0.1) is 12.7 Å². The maximum absolute atomic E-state index is 9.40. The number of aliphatic hydroxyl groups is 1. The van der Waals surface area contributed by atoms with Gasteiger partial charge in [-0.1, -0.05) is 0 Å². The van der Waals surface area contributed by atoms with Gasteiger partial charge in [-0.3, -0.25) is 0 Å². The standard InChI is InChI=1S/C10H21NO2/c1-8(13-2)5-10(6-11,7-12)9-3-4-9/h8-9,12H,3-7,11H2,1-2H3. The predicted octanol–water partition coefficient (Wildman–Crippen LogP) is 0.759. The Balaban J connectivity index is 2.54. The molecule has 0 aliphatic heterocycles. The Morgan fingerprint density at radius 1 is 1.62 bits per heavy atom. The molecule has 0 aromatic heterocycles. The quantitative estimate of drug-likeness (QED) is 0.645. The number of methoxy groups -OCH3 is 1. The second-order valence-electron chi connectivity index (χ2n) is 4.25. The van der Waals surface area contributed by atoms with Crippen molar-refractivity contribution in [3.8, 4) is 0 Å². The van der Waals surface area contributed by atoms with E-state index in [1.165, 1.54) is 12.8 Å². The molecule has 0 spiro atoms.